The third kappa shape index (κ3) is 5.40. The molecule has 2 aliphatic rings. The van der Waals surface area contributed by atoms with Crippen molar-refractivity contribution in [2.75, 3.05) is 6.54 Å². The number of carbonyl (C=O) groups excluding carboxylic acids is 3. The van der Waals surface area contributed by atoms with Crippen molar-refractivity contribution in [3.05, 3.63) is 35.0 Å². The van der Waals surface area contributed by atoms with Gasteiger partial charge in [-0.25, -0.2) is 0 Å². The van der Waals surface area contributed by atoms with Gasteiger partial charge in [0.2, 0.25) is 11.8 Å². The SMILES string of the molecule is N#CC(C[C@@H]1CCCNC1=O)NC(=O)C(CC1CC1)NC(=O)c1cc2cc(Cl)ccc2[nH]1. The number of hydrogen-bond donors (Lipinski definition) is 4. The predicted octanol–water partition coefficient (Wildman–Crippen LogP) is 2.64. The smallest absolute Gasteiger partial charge is 0.268 e. The van der Waals surface area contributed by atoms with Gasteiger partial charge in [-0.2, -0.15) is 5.26 Å². The predicted molar refractivity (Wildman–Crippen MR) is 120 cm³/mol. The summed E-state index contributed by atoms with van der Waals surface area (Å²) in [5, 5.41) is 19.3. The molecule has 3 amide bonds. The van der Waals surface area contributed by atoms with Gasteiger partial charge in [-0.05, 0) is 55.9 Å². The Labute approximate surface area is 191 Å². The number of nitriles is 1. The van der Waals surface area contributed by atoms with Crippen molar-refractivity contribution in [3.8, 4) is 6.07 Å². The largest absolute Gasteiger partial charge is 0.356 e. The van der Waals surface area contributed by atoms with Gasteiger partial charge in [0.05, 0.1) is 6.07 Å². The van der Waals surface area contributed by atoms with Gasteiger partial charge in [-0.1, -0.05) is 24.4 Å². The van der Waals surface area contributed by atoms with E-state index in [9.17, 15) is 19.6 Å². The molecule has 0 bridgehead atoms. The molecule has 2 unspecified atom stereocenters. The van der Waals surface area contributed by atoms with E-state index in [1.807, 2.05) is 0 Å². The highest BCUT2D eigenvalue weighted by atomic mass is 35.5. The molecule has 1 aliphatic carbocycles. The molecule has 2 fully saturated rings. The summed E-state index contributed by atoms with van der Waals surface area (Å²) < 4.78 is 0. The lowest BCUT2D eigenvalue weighted by Gasteiger charge is -2.25. The van der Waals surface area contributed by atoms with Crippen LogP contribution in [0.15, 0.2) is 24.3 Å². The summed E-state index contributed by atoms with van der Waals surface area (Å²) in [6.45, 7) is 0.647. The first-order chi connectivity index (χ1) is 15.4. The molecule has 1 aliphatic heterocycles. The molecule has 9 heteroatoms. The summed E-state index contributed by atoms with van der Waals surface area (Å²) in [5.41, 5.74) is 1.12. The minimum atomic E-state index is -0.787. The minimum Gasteiger partial charge on any atom is -0.356 e. The Morgan fingerprint density at radius 3 is 2.72 bits per heavy atom. The number of piperidine rings is 1. The molecule has 1 saturated heterocycles. The van der Waals surface area contributed by atoms with Crippen LogP contribution in [0.4, 0.5) is 0 Å². The third-order valence-corrected chi connectivity index (χ3v) is 6.34. The molecule has 4 rings (SSSR count). The summed E-state index contributed by atoms with van der Waals surface area (Å²) in [6.07, 6.45) is 4.39. The van der Waals surface area contributed by atoms with Gasteiger partial charge >= 0.3 is 0 Å². The van der Waals surface area contributed by atoms with Gasteiger partial charge in [-0.15, -0.1) is 0 Å². The zero-order chi connectivity index (χ0) is 22.7. The van der Waals surface area contributed by atoms with Gasteiger partial charge in [0.1, 0.15) is 17.8 Å². The number of nitrogens with one attached hydrogen (secondary N) is 4. The number of carbonyl (C=O) groups is 3. The van der Waals surface area contributed by atoms with Crippen molar-refractivity contribution < 1.29 is 14.4 Å². The first-order valence-electron chi connectivity index (χ1n) is 11.0. The van der Waals surface area contributed by atoms with Crippen LogP contribution in [0.25, 0.3) is 10.9 Å². The molecule has 2 aromatic rings. The lowest BCUT2D eigenvalue weighted by Crippen LogP contribution is -2.50. The Morgan fingerprint density at radius 2 is 2.00 bits per heavy atom. The van der Waals surface area contributed by atoms with Crippen LogP contribution in [-0.4, -0.2) is 41.3 Å². The summed E-state index contributed by atoms with van der Waals surface area (Å²) in [7, 11) is 0. The number of aromatic amines is 1. The molecule has 4 N–H and O–H groups in total. The van der Waals surface area contributed by atoms with Crippen molar-refractivity contribution in [1.82, 2.24) is 20.9 Å². The van der Waals surface area contributed by atoms with Crippen molar-refractivity contribution in [3.63, 3.8) is 0 Å². The fraction of sp³-hybridized carbons (Fsp3) is 0.478. The maximum absolute atomic E-state index is 13.0. The number of rotatable bonds is 8. The number of aromatic nitrogens is 1. The fourth-order valence-corrected chi connectivity index (χ4v) is 4.32. The van der Waals surface area contributed by atoms with E-state index in [2.05, 4.69) is 27.0 Å². The van der Waals surface area contributed by atoms with E-state index in [0.717, 1.165) is 30.2 Å². The highest BCUT2D eigenvalue weighted by molar-refractivity contribution is 6.31. The second-order valence-corrected chi connectivity index (χ2v) is 9.11. The van der Waals surface area contributed by atoms with Crippen molar-refractivity contribution in [2.24, 2.45) is 11.8 Å². The van der Waals surface area contributed by atoms with Gasteiger partial charge < -0.3 is 20.9 Å². The van der Waals surface area contributed by atoms with Gasteiger partial charge in [0, 0.05) is 28.4 Å². The van der Waals surface area contributed by atoms with Crippen LogP contribution < -0.4 is 16.0 Å². The van der Waals surface area contributed by atoms with Crippen LogP contribution in [0.1, 0.15) is 49.0 Å². The van der Waals surface area contributed by atoms with Gasteiger partial charge in [0.25, 0.3) is 5.91 Å². The third-order valence-electron chi connectivity index (χ3n) is 6.11. The zero-order valence-electron chi connectivity index (χ0n) is 17.6. The molecule has 3 atom stereocenters. The van der Waals surface area contributed by atoms with Crippen molar-refractivity contribution >= 4 is 40.2 Å². The summed E-state index contributed by atoms with van der Waals surface area (Å²) in [4.78, 5) is 40.9. The molecule has 32 heavy (non-hydrogen) atoms. The fourth-order valence-electron chi connectivity index (χ4n) is 4.14. The van der Waals surface area contributed by atoms with Crippen LogP contribution in [0.2, 0.25) is 5.02 Å². The standard InChI is InChI=1S/C23H26ClN5O3/c24-16-5-6-18-15(9-16)11-20(28-18)23(32)29-19(8-13-3-4-13)22(31)27-17(12-25)10-14-2-1-7-26-21(14)30/h5-6,9,11,13-14,17,19,28H,1-4,7-8,10H2,(H,26,30)(H,27,31)(H,29,32)/t14-,17?,19?/m0/s1. The molecule has 0 radical (unpaired) electrons. The first-order valence-corrected chi connectivity index (χ1v) is 11.4. The molecule has 8 nitrogen and oxygen atoms in total. The first kappa shape index (κ1) is 22.2. The lowest BCUT2D eigenvalue weighted by molar-refractivity contribution is -0.128. The highest BCUT2D eigenvalue weighted by Gasteiger charge is 2.33. The average molecular weight is 456 g/mol. The quantitative estimate of drug-likeness (QED) is 0.488. The van der Waals surface area contributed by atoms with Crippen LogP contribution in [0.5, 0.6) is 0 Å². The molecule has 0 spiro atoms. The molecule has 1 aromatic heterocycles. The maximum Gasteiger partial charge on any atom is 0.268 e. The van der Waals surface area contributed by atoms with E-state index >= 15 is 0 Å². The van der Waals surface area contributed by atoms with E-state index in [1.165, 1.54) is 0 Å². The van der Waals surface area contributed by atoms with E-state index in [0.29, 0.717) is 36.0 Å². The van der Waals surface area contributed by atoms with E-state index in [4.69, 9.17) is 11.6 Å². The topological polar surface area (TPSA) is 127 Å². The number of fused-ring (bicyclic) bond motifs is 1. The Bertz CT molecular complexity index is 1070. The average Bonchev–Trinajstić information content (AvgIpc) is 3.49. The van der Waals surface area contributed by atoms with Crippen LogP contribution >= 0.6 is 11.6 Å². The summed E-state index contributed by atoms with van der Waals surface area (Å²) in [6, 6.07) is 7.54. The Kier molecular flexibility index (Phi) is 6.66. The minimum absolute atomic E-state index is 0.0764. The zero-order valence-corrected chi connectivity index (χ0v) is 18.4. The molecular formula is C23H26ClN5O3. The normalized spacial score (nSPS) is 20.1. The van der Waals surface area contributed by atoms with Crippen LogP contribution in [0.3, 0.4) is 0 Å². The summed E-state index contributed by atoms with van der Waals surface area (Å²) in [5.74, 6) is -0.765. The molecule has 2 heterocycles. The number of amides is 3. The Morgan fingerprint density at radius 1 is 1.19 bits per heavy atom. The van der Waals surface area contributed by atoms with Crippen molar-refractivity contribution in [1.29, 1.82) is 5.26 Å². The second-order valence-electron chi connectivity index (χ2n) is 8.68. The molecule has 168 valence electrons. The number of nitrogens with zero attached hydrogens (tertiary/aromatic N) is 1. The molecule has 1 aromatic carbocycles. The van der Waals surface area contributed by atoms with Crippen LogP contribution in [-0.2, 0) is 9.59 Å². The number of halogens is 1. The van der Waals surface area contributed by atoms with E-state index in [-0.39, 0.29) is 18.2 Å². The van der Waals surface area contributed by atoms with Crippen molar-refractivity contribution in [2.45, 2.75) is 50.6 Å². The monoisotopic (exact) mass is 455 g/mol. The Balaban J connectivity index is 1.42. The second kappa shape index (κ2) is 9.61. The van der Waals surface area contributed by atoms with E-state index < -0.39 is 23.9 Å². The maximum atomic E-state index is 13.0. The molecular weight excluding hydrogens is 430 g/mol. The number of H-pyrrole nitrogens is 1. The van der Waals surface area contributed by atoms with Gasteiger partial charge in [0.15, 0.2) is 0 Å². The van der Waals surface area contributed by atoms with Gasteiger partial charge in [-0.3, -0.25) is 14.4 Å². The Hall–Kier alpha value is -3.05. The van der Waals surface area contributed by atoms with E-state index in [1.54, 1.807) is 24.3 Å². The lowest BCUT2D eigenvalue weighted by atomic mass is 9.92. The number of benzene rings is 1. The van der Waals surface area contributed by atoms with Crippen LogP contribution in [0, 0.1) is 23.2 Å². The molecule has 1 saturated carbocycles. The summed E-state index contributed by atoms with van der Waals surface area (Å²) >= 11 is 6.02. The highest BCUT2D eigenvalue weighted by Crippen LogP contribution is 2.33. The number of hydrogen-bond acceptors (Lipinski definition) is 4.